The number of β-amino-alcohol motifs (C(OH)–C–C–N with tert-alkyl or cyclic N) is 1. The quantitative estimate of drug-likeness (QED) is 0.528. The van der Waals surface area contributed by atoms with Crippen molar-refractivity contribution in [1.29, 1.82) is 0 Å². The summed E-state index contributed by atoms with van der Waals surface area (Å²) in [6.07, 6.45) is -0.689. The number of amides is 1. The van der Waals surface area contributed by atoms with E-state index in [9.17, 15) is 9.90 Å². The van der Waals surface area contributed by atoms with E-state index in [4.69, 9.17) is 34.8 Å². The number of nitrogens with one attached hydrogen (secondary N) is 1. The highest BCUT2D eigenvalue weighted by Gasteiger charge is 2.26. The van der Waals surface area contributed by atoms with Crippen molar-refractivity contribution in [2.24, 2.45) is 0 Å². The molecule has 1 fully saturated rings. The van der Waals surface area contributed by atoms with Crippen molar-refractivity contribution >= 4 is 62.9 Å². The Morgan fingerprint density at radius 2 is 1.65 bits per heavy atom. The number of nitrogens with zero attached hydrogens (tertiary/aromatic N) is 2. The first-order valence-corrected chi connectivity index (χ1v) is 11.1. The minimum absolute atomic E-state index is 0.0519. The zero-order chi connectivity index (χ0) is 22.0. The topological polar surface area (TPSA) is 55.8 Å². The number of piperazine rings is 1. The monoisotopic (exact) mass is 477 g/mol. The number of aliphatic hydroxyl groups excluding tert-OH is 1. The number of carbonyl (C=O) groups is 1. The molecule has 1 aliphatic heterocycles. The molecule has 0 aromatic heterocycles. The van der Waals surface area contributed by atoms with Crippen molar-refractivity contribution < 1.29 is 9.90 Å². The minimum atomic E-state index is -0.689. The molecular weight excluding hydrogens is 457 g/mol. The summed E-state index contributed by atoms with van der Waals surface area (Å²) < 4.78 is 0. The molecule has 31 heavy (non-hydrogen) atoms. The summed E-state index contributed by atoms with van der Waals surface area (Å²) in [5.74, 6) is -0.0519. The van der Waals surface area contributed by atoms with Crippen LogP contribution in [0.5, 0.6) is 0 Å². The van der Waals surface area contributed by atoms with Gasteiger partial charge >= 0.3 is 0 Å². The number of hydrogen-bond acceptors (Lipinski definition) is 4. The Morgan fingerprint density at radius 1 is 0.935 bits per heavy atom. The average molecular weight is 479 g/mol. The molecule has 0 saturated carbocycles. The van der Waals surface area contributed by atoms with E-state index in [1.807, 2.05) is 41.3 Å². The van der Waals surface area contributed by atoms with Gasteiger partial charge in [-0.25, -0.2) is 0 Å². The smallest absolute Gasteiger partial charge is 0.242 e. The lowest BCUT2D eigenvalue weighted by atomic mass is 10.1. The van der Waals surface area contributed by atoms with Crippen LogP contribution < -0.4 is 10.2 Å². The SMILES string of the molecule is O=C1CN(c2cc(Cl)ccc2Cl)CCN1CC(O)CNc1ccc2cc(Cl)ccc2c1. The number of anilines is 2. The number of halogens is 3. The van der Waals surface area contributed by atoms with E-state index in [2.05, 4.69) is 5.32 Å². The highest BCUT2D eigenvalue weighted by atomic mass is 35.5. The molecule has 0 aliphatic carbocycles. The molecule has 4 rings (SSSR count). The van der Waals surface area contributed by atoms with Gasteiger partial charge in [0.05, 0.1) is 23.4 Å². The van der Waals surface area contributed by atoms with Gasteiger partial charge in [-0.15, -0.1) is 0 Å². The van der Waals surface area contributed by atoms with E-state index in [1.165, 1.54) is 0 Å². The second-order valence-corrected chi connectivity index (χ2v) is 8.88. The number of benzene rings is 3. The van der Waals surface area contributed by atoms with Crippen molar-refractivity contribution in [2.45, 2.75) is 6.10 Å². The van der Waals surface area contributed by atoms with Crippen LogP contribution in [-0.4, -0.2) is 54.7 Å². The van der Waals surface area contributed by atoms with E-state index in [-0.39, 0.29) is 19.0 Å². The molecule has 1 atom stereocenters. The summed E-state index contributed by atoms with van der Waals surface area (Å²) in [7, 11) is 0. The molecule has 162 valence electrons. The molecule has 0 radical (unpaired) electrons. The van der Waals surface area contributed by atoms with E-state index in [0.29, 0.717) is 34.7 Å². The van der Waals surface area contributed by atoms with Gasteiger partial charge in [0.15, 0.2) is 0 Å². The van der Waals surface area contributed by atoms with Crippen molar-refractivity contribution in [3.8, 4) is 0 Å². The zero-order valence-electron chi connectivity index (χ0n) is 16.7. The van der Waals surface area contributed by atoms with Gasteiger partial charge in [0, 0.05) is 41.9 Å². The van der Waals surface area contributed by atoms with Gasteiger partial charge in [0.1, 0.15) is 0 Å². The van der Waals surface area contributed by atoms with Crippen molar-refractivity contribution in [1.82, 2.24) is 4.90 Å². The second-order valence-electron chi connectivity index (χ2n) is 7.60. The number of aliphatic hydroxyl groups is 1. The van der Waals surface area contributed by atoms with Crippen LogP contribution in [0.1, 0.15) is 0 Å². The Morgan fingerprint density at radius 3 is 2.45 bits per heavy atom. The van der Waals surface area contributed by atoms with E-state index in [0.717, 1.165) is 22.1 Å². The first-order valence-electron chi connectivity index (χ1n) is 9.98. The molecule has 3 aromatic carbocycles. The lowest BCUT2D eigenvalue weighted by Gasteiger charge is -2.37. The maximum atomic E-state index is 12.6. The van der Waals surface area contributed by atoms with E-state index in [1.54, 1.807) is 23.1 Å². The van der Waals surface area contributed by atoms with Crippen LogP contribution in [0.3, 0.4) is 0 Å². The third kappa shape index (κ3) is 5.36. The predicted molar refractivity (Wildman–Crippen MR) is 129 cm³/mol. The third-order valence-corrected chi connectivity index (χ3v) is 6.13. The highest BCUT2D eigenvalue weighted by Crippen LogP contribution is 2.30. The minimum Gasteiger partial charge on any atom is -0.389 e. The zero-order valence-corrected chi connectivity index (χ0v) is 19.0. The molecule has 5 nitrogen and oxygen atoms in total. The molecule has 0 bridgehead atoms. The molecule has 8 heteroatoms. The van der Waals surface area contributed by atoms with Crippen LogP contribution in [0.15, 0.2) is 54.6 Å². The highest BCUT2D eigenvalue weighted by molar-refractivity contribution is 6.35. The summed E-state index contributed by atoms with van der Waals surface area (Å²) in [4.78, 5) is 16.2. The average Bonchev–Trinajstić information content (AvgIpc) is 2.75. The normalized spacial score (nSPS) is 15.4. The lowest BCUT2D eigenvalue weighted by molar-refractivity contribution is -0.132. The summed E-state index contributed by atoms with van der Waals surface area (Å²) in [6, 6.07) is 16.9. The van der Waals surface area contributed by atoms with Crippen molar-refractivity contribution in [2.75, 3.05) is 42.9 Å². The fourth-order valence-electron chi connectivity index (χ4n) is 3.72. The largest absolute Gasteiger partial charge is 0.389 e. The maximum absolute atomic E-state index is 12.6. The number of hydrogen-bond donors (Lipinski definition) is 2. The number of carbonyl (C=O) groups excluding carboxylic acids is 1. The molecule has 1 unspecified atom stereocenters. The molecular formula is C23H22Cl3N3O2. The van der Waals surface area contributed by atoms with E-state index < -0.39 is 6.10 Å². The number of rotatable bonds is 6. The van der Waals surface area contributed by atoms with Crippen LogP contribution in [0, 0.1) is 0 Å². The standard InChI is InChI=1S/C23H22Cl3N3O2/c24-17-3-1-16-10-19(5-2-15(16)9-17)27-12-20(30)13-29-8-7-28(14-23(29)31)22-11-18(25)4-6-21(22)26/h1-6,9-11,20,27,30H,7-8,12-14H2. The van der Waals surface area contributed by atoms with Gasteiger partial charge in [-0.05, 0) is 53.2 Å². The molecule has 0 spiro atoms. The van der Waals surface area contributed by atoms with Gasteiger partial charge in [0.25, 0.3) is 0 Å². The van der Waals surface area contributed by atoms with Crippen molar-refractivity contribution in [3.63, 3.8) is 0 Å². The Labute approximate surface area is 196 Å². The second kappa shape index (κ2) is 9.53. The van der Waals surface area contributed by atoms with Gasteiger partial charge in [-0.2, -0.15) is 0 Å². The summed E-state index contributed by atoms with van der Waals surface area (Å²) >= 11 is 18.4. The van der Waals surface area contributed by atoms with E-state index >= 15 is 0 Å². The molecule has 1 aliphatic rings. The molecule has 1 saturated heterocycles. The maximum Gasteiger partial charge on any atom is 0.242 e. The third-order valence-electron chi connectivity index (χ3n) is 5.34. The molecule has 2 N–H and O–H groups in total. The molecule has 1 amide bonds. The van der Waals surface area contributed by atoms with Gasteiger partial charge in [-0.1, -0.05) is 46.9 Å². The predicted octanol–water partition coefficient (Wildman–Crippen LogP) is 4.92. The fraction of sp³-hybridized carbons (Fsp3) is 0.261. The van der Waals surface area contributed by atoms with Crippen LogP contribution in [0.2, 0.25) is 15.1 Å². The summed E-state index contributed by atoms with van der Waals surface area (Å²) in [5, 5.41) is 17.7. The number of fused-ring (bicyclic) bond motifs is 1. The van der Waals surface area contributed by atoms with Crippen LogP contribution in [0.25, 0.3) is 10.8 Å². The van der Waals surface area contributed by atoms with Crippen LogP contribution in [0.4, 0.5) is 11.4 Å². The Balaban J connectivity index is 1.31. The molecule has 1 heterocycles. The molecule has 3 aromatic rings. The van der Waals surface area contributed by atoms with Crippen LogP contribution in [-0.2, 0) is 4.79 Å². The van der Waals surface area contributed by atoms with Crippen molar-refractivity contribution in [3.05, 3.63) is 69.7 Å². The summed E-state index contributed by atoms with van der Waals surface area (Å²) in [5.41, 5.74) is 1.66. The van der Waals surface area contributed by atoms with Gasteiger partial charge in [-0.3, -0.25) is 4.79 Å². The Bertz CT molecular complexity index is 1110. The summed E-state index contributed by atoms with van der Waals surface area (Å²) in [6.45, 7) is 1.95. The first-order chi connectivity index (χ1) is 14.9. The lowest BCUT2D eigenvalue weighted by Crippen LogP contribution is -2.53. The Kier molecular flexibility index (Phi) is 6.77. The first kappa shape index (κ1) is 22.0. The van der Waals surface area contributed by atoms with Crippen LogP contribution >= 0.6 is 34.8 Å². The Hall–Kier alpha value is -2.18. The van der Waals surface area contributed by atoms with Gasteiger partial charge < -0.3 is 20.2 Å². The fourth-order valence-corrected chi connectivity index (χ4v) is 4.30. The van der Waals surface area contributed by atoms with Gasteiger partial charge in [0.2, 0.25) is 5.91 Å².